The predicted octanol–water partition coefficient (Wildman–Crippen LogP) is 0.749. The zero-order valence-electron chi connectivity index (χ0n) is 11.4. The maximum absolute atomic E-state index is 12.6. The molecule has 1 aromatic rings. The number of aliphatic hydroxyl groups excluding tert-OH is 1. The van der Waals surface area contributed by atoms with Crippen LogP contribution in [0.3, 0.4) is 0 Å². The Kier molecular flexibility index (Phi) is 4.45. The van der Waals surface area contributed by atoms with Crippen molar-refractivity contribution < 1.29 is 23.2 Å². The fraction of sp³-hybridized carbons (Fsp3) is 0.500. The Morgan fingerprint density at radius 2 is 2.19 bits per heavy atom. The van der Waals surface area contributed by atoms with E-state index in [1.807, 2.05) is 0 Å². The molecule has 1 atom stereocenters. The van der Waals surface area contributed by atoms with Gasteiger partial charge in [-0.25, -0.2) is 8.42 Å². The van der Waals surface area contributed by atoms with Gasteiger partial charge < -0.3 is 9.84 Å². The lowest BCUT2D eigenvalue weighted by atomic mass is 10.1. The molecule has 1 unspecified atom stereocenters. The number of piperidine rings is 1. The summed E-state index contributed by atoms with van der Waals surface area (Å²) in [6, 6.07) is 3.36. The van der Waals surface area contributed by atoms with Gasteiger partial charge in [0.05, 0.1) is 24.2 Å². The fourth-order valence-electron chi connectivity index (χ4n) is 2.26. The van der Waals surface area contributed by atoms with Gasteiger partial charge in [0.1, 0.15) is 10.6 Å². The topological polar surface area (TPSA) is 110 Å². The molecule has 2 rings (SSSR count). The monoisotopic (exact) mass is 316 g/mol. The van der Waals surface area contributed by atoms with Crippen molar-refractivity contribution in [2.75, 3.05) is 20.2 Å². The molecule has 9 heteroatoms. The largest absolute Gasteiger partial charge is 0.495 e. The highest BCUT2D eigenvalue weighted by molar-refractivity contribution is 7.89. The maximum Gasteiger partial charge on any atom is 0.273 e. The molecule has 116 valence electrons. The van der Waals surface area contributed by atoms with E-state index in [0.717, 1.165) is 18.2 Å². The van der Waals surface area contributed by atoms with E-state index >= 15 is 0 Å². The number of hydrogen-bond donors (Lipinski definition) is 1. The van der Waals surface area contributed by atoms with Crippen molar-refractivity contribution in [1.29, 1.82) is 0 Å². The lowest BCUT2D eigenvalue weighted by Gasteiger charge is -2.29. The molecule has 0 aliphatic carbocycles. The van der Waals surface area contributed by atoms with Crippen molar-refractivity contribution >= 4 is 15.7 Å². The minimum absolute atomic E-state index is 0.0163. The smallest absolute Gasteiger partial charge is 0.273 e. The van der Waals surface area contributed by atoms with Crippen LogP contribution in [0.15, 0.2) is 23.1 Å². The zero-order chi connectivity index (χ0) is 15.6. The lowest BCUT2D eigenvalue weighted by Crippen LogP contribution is -2.42. The molecular formula is C12H16N2O6S. The van der Waals surface area contributed by atoms with Crippen molar-refractivity contribution in [3.8, 4) is 5.75 Å². The Balaban J connectivity index is 2.42. The van der Waals surface area contributed by atoms with Crippen LogP contribution in [0.4, 0.5) is 5.69 Å². The van der Waals surface area contributed by atoms with Crippen LogP contribution >= 0.6 is 0 Å². The molecule has 1 fully saturated rings. The average Bonchev–Trinajstić information content (AvgIpc) is 2.46. The Bertz CT molecular complexity index is 645. The number of rotatable bonds is 4. The summed E-state index contributed by atoms with van der Waals surface area (Å²) in [6.07, 6.45) is 0.427. The minimum Gasteiger partial charge on any atom is -0.495 e. The summed E-state index contributed by atoms with van der Waals surface area (Å²) in [7, 11) is -2.60. The molecule has 0 amide bonds. The van der Waals surface area contributed by atoms with Crippen LogP contribution in [0.5, 0.6) is 5.75 Å². The number of nitrogens with zero attached hydrogens (tertiary/aromatic N) is 2. The maximum atomic E-state index is 12.6. The summed E-state index contributed by atoms with van der Waals surface area (Å²) >= 11 is 0. The second kappa shape index (κ2) is 5.96. The molecule has 0 spiro atoms. The molecule has 0 bridgehead atoms. The standard InChI is InChI=1S/C12H16N2O6S/c1-20-11-7-9(14(16)17)4-5-12(11)21(18,19)13-6-2-3-10(15)8-13/h4-5,7,10,15H,2-3,6,8H2,1H3. The van der Waals surface area contributed by atoms with Crippen LogP contribution in [-0.4, -0.2) is 49.1 Å². The van der Waals surface area contributed by atoms with Crippen LogP contribution in [-0.2, 0) is 10.0 Å². The number of β-amino-alcohol motifs (C(OH)–C–C–N with tert-alkyl or cyclic N) is 1. The summed E-state index contributed by atoms with van der Waals surface area (Å²) in [5.41, 5.74) is -0.246. The Labute approximate surface area is 122 Å². The van der Waals surface area contributed by atoms with Gasteiger partial charge in [-0.3, -0.25) is 10.1 Å². The lowest BCUT2D eigenvalue weighted by molar-refractivity contribution is -0.385. The molecule has 0 saturated carbocycles. The number of ether oxygens (including phenoxy) is 1. The van der Waals surface area contributed by atoms with Gasteiger partial charge in [0, 0.05) is 19.2 Å². The Morgan fingerprint density at radius 1 is 1.48 bits per heavy atom. The van der Waals surface area contributed by atoms with Crippen LogP contribution in [0.2, 0.25) is 0 Å². The van der Waals surface area contributed by atoms with E-state index in [9.17, 15) is 23.6 Å². The van der Waals surface area contributed by atoms with Gasteiger partial charge in [-0.05, 0) is 18.9 Å². The predicted molar refractivity (Wildman–Crippen MR) is 73.6 cm³/mol. The van der Waals surface area contributed by atoms with E-state index in [-0.39, 0.29) is 22.9 Å². The van der Waals surface area contributed by atoms with Crippen LogP contribution in [0.25, 0.3) is 0 Å². The second-order valence-corrected chi connectivity index (χ2v) is 6.66. The van der Waals surface area contributed by atoms with E-state index in [4.69, 9.17) is 4.74 Å². The molecule has 1 saturated heterocycles. The van der Waals surface area contributed by atoms with Crippen LogP contribution in [0, 0.1) is 10.1 Å². The van der Waals surface area contributed by atoms with E-state index in [2.05, 4.69) is 0 Å². The normalized spacial score (nSPS) is 20.2. The second-order valence-electron chi connectivity index (χ2n) is 4.75. The van der Waals surface area contributed by atoms with Crippen LogP contribution < -0.4 is 4.74 Å². The Hall–Kier alpha value is -1.71. The Morgan fingerprint density at radius 3 is 2.76 bits per heavy atom. The minimum atomic E-state index is -3.85. The molecule has 1 aliphatic rings. The summed E-state index contributed by atoms with van der Waals surface area (Å²) in [4.78, 5) is 9.98. The highest BCUT2D eigenvalue weighted by atomic mass is 32.2. The quantitative estimate of drug-likeness (QED) is 0.648. The van der Waals surface area contributed by atoms with E-state index in [1.165, 1.54) is 11.4 Å². The van der Waals surface area contributed by atoms with Gasteiger partial charge >= 0.3 is 0 Å². The van der Waals surface area contributed by atoms with Gasteiger partial charge in [0.2, 0.25) is 10.0 Å². The molecule has 8 nitrogen and oxygen atoms in total. The molecule has 21 heavy (non-hydrogen) atoms. The highest BCUT2D eigenvalue weighted by Crippen LogP contribution is 2.31. The van der Waals surface area contributed by atoms with E-state index < -0.39 is 21.1 Å². The zero-order valence-corrected chi connectivity index (χ0v) is 12.2. The number of non-ortho nitro benzene ring substituents is 1. The van der Waals surface area contributed by atoms with Crippen molar-refractivity contribution in [2.45, 2.75) is 23.8 Å². The third-order valence-electron chi connectivity index (χ3n) is 3.34. The molecule has 1 aliphatic heterocycles. The third-order valence-corrected chi connectivity index (χ3v) is 5.24. The molecule has 1 aromatic carbocycles. The van der Waals surface area contributed by atoms with Gasteiger partial charge in [0.15, 0.2) is 0 Å². The average molecular weight is 316 g/mol. The SMILES string of the molecule is COc1cc([N+](=O)[O-])ccc1S(=O)(=O)N1CCCC(O)C1. The molecule has 0 radical (unpaired) electrons. The number of nitro groups is 1. The van der Waals surface area contributed by atoms with Gasteiger partial charge in [-0.15, -0.1) is 0 Å². The van der Waals surface area contributed by atoms with Gasteiger partial charge in [0.25, 0.3) is 5.69 Å². The first-order valence-electron chi connectivity index (χ1n) is 6.37. The number of sulfonamides is 1. The van der Waals surface area contributed by atoms with E-state index in [1.54, 1.807) is 0 Å². The van der Waals surface area contributed by atoms with E-state index in [0.29, 0.717) is 19.4 Å². The number of benzene rings is 1. The molecule has 1 heterocycles. The molecule has 1 N–H and O–H groups in total. The van der Waals surface area contributed by atoms with Crippen molar-refractivity contribution in [3.05, 3.63) is 28.3 Å². The van der Waals surface area contributed by atoms with Crippen molar-refractivity contribution in [2.24, 2.45) is 0 Å². The number of aliphatic hydroxyl groups is 1. The van der Waals surface area contributed by atoms with Crippen LogP contribution in [0.1, 0.15) is 12.8 Å². The highest BCUT2D eigenvalue weighted by Gasteiger charge is 2.32. The van der Waals surface area contributed by atoms with Gasteiger partial charge in [-0.1, -0.05) is 0 Å². The first-order valence-corrected chi connectivity index (χ1v) is 7.81. The number of hydrogen-bond acceptors (Lipinski definition) is 6. The number of methoxy groups -OCH3 is 1. The summed E-state index contributed by atoms with van der Waals surface area (Å²) in [6.45, 7) is 0.321. The molecular weight excluding hydrogens is 300 g/mol. The summed E-state index contributed by atoms with van der Waals surface area (Å²) in [5.74, 6) is -0.0794. The van der Waals surface area contributed by atoms with Crippen molar-refractivity contribution in [1.82, 2.24) is 4.31 Å². The summed E-state index contributed by atoms with van der Waals surface area (Å²) in [5, 5.41) is 20.3. The fourth-order valence-corrected chi connectivity index (χ4v) is 3.91. The van der Waals surface area contributed by atoms with Crippen molar-refractivity contribution in [3.63, 3.8) is 0 Å². The summed E-state index contributed by atoms with van der Waals surface area (Å²) < 4.78 is 31.3. The first-order chi connectivity index (χ1) is 9.86. The molecule has 0 aromatic heterocycles. The van der Waals surface area contributed by atoms with Gasteiger partial charge in [-0.2, -0.15) is 4.31 Å². The first kappa shape index (κ1) is 15.7. The third kappa shape index (κ3) is 3.14. The number of nitro benzene ring substituents is 1.